The van der Waals surface area contributed by atoms with Gasteiger partial charge in [0.2, 0.25) is 6.79 Å². The molecule has 2 saturated heterocycles. The van der Waals surface area contributed by atoms with Crippen LogP contribution in [0.15, 0.2) is 36.7 Å². The van der Waals surface area contributed by atoms with Gasteiger partial charge in [0.05, 0.1) is 10.4 Å². The molecule has 3 aromatic rings. The number of nitro benzene ring substituents is 1. The van der Waals surface area contributed by atoms with Crippen molar-refractivity contribution in [2.24, 2.45) is 0 Å². The summed E-state index contributed by atoms with van der Waals surface area (Å²) in [5, 5.41) is 19.3. The fraction of sp³-hybridized carbons (Fsp3) is 0.400. The molecule has 6 rings (SSSR count). The molecule has 1 aromatic heterocycles. The Labute approximate surface area is 212 Å². The summed E-state index contributed by atoms with van der Waals surface area (Å²) in [6.45, 7) is 4.30. The number of piperidine rings is 1. The van der Waals surface area contributed by atoms with Crippen LogP contribution in [0.2, 0.25) is 0 Å². The summed E-state index contributed by atoms with van der Waals surface area (Å²) in [7, 11) is 0. The lowest BCUT2D eigenvalue weighted by atomic mass is 10.0. The lowest BCUT2D eigenvalue weighted by Crippen LogP contribution is -2.43. The van der Waals surface area contributed by atoms with E-state index in [0.29, 0.717) is 65.6 Å². The van der Waals surface area contributed by atoms with Gasteiger partial charge in [-0.25, -0.2) is 9.97 Å². The Kier molecular flexibility index (Phi) is 6.08. The van der Waals surface area contributed by atoms with Crippen molar-refractivity contribution in [2.45, 2.75) is 18.9 Å². The maximum absolute atomic E-state index is 13.0. The molecule has 0 radical (unpaired) electrons. The molecule has 12 nitrogen and oxygen atoms in total. The molecule has 0 atom stereocenters. The zero-order valence-corrected chi connectivity index (χ0v) is 20.2. The smallest absolute Gasteiger partial charge is 0.293 e. The number of likely N-dealkylation sites (tertiary alicyclic amines) is 1. The fourth-order valence-electron chi connectivity index (χ4n) is 5.13. The quantitative estimate of drug-likeness (QED) is 0.393. The Morgan fingerprint density at radius 1 is 1.05 bits per heavy atom. The topological polar surface area (TPSA) is 135 Å². The van der Waals surface area contributed by atoms with E-state index in [1.165, 1.54) is 6.33 Å². The van der Waals surface area contributed by atoms with Gasteiger partial charge in [-0.15, -0.1) is 0 Å². The summed E-state index contributed by atoms with van der Waals surface area (Å²) in [6.07, 6.45) is 2.93. The Morgan fingerprint density at radius 2 is 1.84 bits per heavy atom. The molecule has 1 amide bonds. The minimum Gasteiger partial charge on any atom is -0.454 e. The zero-order valence-electron chi connectivity index (χ0n) is 20.2. The van der Waals surface area contributed by atoms with Crippen LogP contribution in [0.3, 0.4) is 0 Å². The summed E-state index contributed by atoms with van der Waals surface area (Å²) in [4.78, 5) is 37.3. The standard InChI is InChI=1S/C25H27N7O5/c33-25(16-1-2-22-23(11-16)37-15-36-22)31-7-3-17(4-8-31)29-24-18-12-21(32(34)35)20(13-19(18)27-14-28-24)30-9-5-26-6-10-30/h1-2,11-14,17,26H,3-10,15H2,(H,27,28,29). The minimum atomic E-state index is -0.339. The van der Waals surface area contributed by atoms with Gasteiger partial charge in [-0.2, -0.15) is 0 Å². The first-order valence-electron chi connectivity index (χ1n) is 12.4. The van der Waals surface area contributed by atoms with Gasteiger partial charge < -0.3 is 29.9 Å². The summed E-state index contributed by atoms with van der Waals surface area (Å²) < 4.78 is 10.7. The number of ether oxygens (including phenoxy) is 2. The number of rotatable bonds is 5. The Balaban J connectivity index is 1.17. The first-order valence-corrected chi connectivity index (χ1v) is 12.4. The molecule has 192 valence electrons. The predicted octanol–water partition coefficient (Wildman–Crippen LogP) is 2.39. The number of carbonyl (C=O) groups is 1. The second kappa shape index (κ2) is 9.69. The number of benzene rings is 2. The number of hydrogen-bond donors (Lipinski definition) is 2. The van der Waals surface area contributed by atoms with E-state index in [1.54, 1.807) is 30.3 Å². The number of hydrogen-bond acceptors (Lipinski definition) is 10. The largest absolute Gasteiger partial charge is 0.454 e. The molecular weight excluding hydrogens is 478 g/mol. The molecule has 37 heavy (non-hydrogen) atoms. The van der Waals surface area contributed by atoms with E-state index < -0.39 is 0 Å². The molecule has 3 aliphatic rings. The van der Waals surface area contributed by atoms with Gasteiger partial charge in [0.25, 0.3) is 11.6 Å². The average molecular weight is 506 g/mol. The highest BCUT2D eigenvalue weighted by Gasteiger charge is 2.27. The number of nitro groups is 1. The average Bonchev–Trinajstić information content (AvgIpc) is 3.41. The second-order valence-electron chi connectivity index (χ2n) is 9.35. The minimum absolute atomic E-state index is 0.0414. The lowest BCUT2D eigenvalue weighted by molar-refractivity contribution is -0.384. The van der Waals surface area contributed by atoms with Crippen molar-refractivity contribution >= 4 is 34.0 Å². The van der Waals surface area contributed by atoms with E-state index in [0.717, 1.165) is 25.9 Å². The fourth-order valence-corrected chi connectivity index (χ4v) is 5.13. The normalized spacial score (nSPS) is 17.7. The van der Waals surface area contributed by atoms with Crippen LogP contribution in [0.4, 0.5) is 17.2 Å². The molecule has 0 saturated carbocycles. The molecule has 0 bridgehead atoms. The van der Waals surface area contributed by atoms with Crippen LogP contribution in [0.1, 0.15) is 23.2 Å². The van der Waals surface area contributed by atoms with Crippen molar-refractivity contribution < 1.29 is 19.2 Å². The molecule has 2 aromatic carbocycles. The van der Waals surface area contributed by atoms with Gasteiger partial charge >= 0.3 is 0 Å². The SMILES string of the molecule is O=C(c1ccc2c(c1)OCO2)N1CCC(Nc2ncnc3cc(N4CCNCC4)c([N+](=O)[O-])cc23)CC1. The van der Waals surface area contributed by atoms with Crippen LogP contribution in [0.5, 0.6) is 11.5 Å². The van der Waals surface area contributed by atoms with Crippen LogP contribution in [0.25, 0.3) is 10.9 Å². The lowest BCUT2D eigenvalue weighted by Gasteiger charge is -2.33. The monoisotopic (exact) mass is 505 g/mol. The Morgan fingerprint density at radius 3 is 2.62 bits per heavy atom. The summed E-state index contributed by atoms with van der Waals surface area (Å²) in [5.74, 6) is 1.77. The third kappa shape index (κ3) is 4.55. The zero-order chi connectivity index (χ0) is 25.4. The Hall–Kier alpha value is -4.19. The summed E-state index contributed by atoms with van der Waals surface area (Å²) in [6, 6.07) is 8.69. The van der Waals surface area contributed by atoms with Crippen molar-refractivity contribution in [3.8, 4) is 11.5 Å². The van der Waals surface area contributed by atoms with E-state index >= 15 is 0 Å². The number of nitrogens with zero attached hydrogens (tertiary/aromatic N) is 5. The van der Waals surface area contributed by atoms with Gasteiger partial charge in [0.1, 0.15) is 17.8 Å². The van der Waals surface area contributed by atoms with Crippen LogP contribution in [0, 0.1) is 10.1 Å². The third-order valence-corrected chi connectivity index (χ3v) is 7.13. The molecule has 3 aliphatic heterocycles. The van der Waals surface area contributed by atoms with E-state index in [-0.39, 0.29) is 29.4 Å². The number of carbonyl (C=O) groups excluding carboxylic acids is 1. The number of amides is 1. The van der Waals surface area contributed by atoms with Crippen LogP contribution < -0.4 is 25.0 Å². The molecular formula is C25H27N7O5. The van der Waals surface area contributed by atoms with Crippen LogP contribution in [-0.2, 0) is 0 Å². The Bertz CT molecular complexity index is 1350. The molecule has 4 heterocycles. The molecule has 12 heteroatoms. The highest BCUT2D eigenvalue weighted by molar-refractivity contribution is 5.96. The molecule has 0 unspecified atom stereocenters. The number of piperazine rings is 1. The van der Waals surface area contributed by atoms with E-state index in [1.807, 2.05) is 9.80 Å². The number of nitrogens with one attached hydrogen (secondary N) is 2. The first kappa shape index (κ1) is 23.2. The van der Waals surface area contributed by atoms with E-state index in [4.69, 9.17) is 9.47 Å². The van der Waals surface area contributed by atoms with E-state index in [9.17, 15) is 14.9 Å². The molecule has 0 spiro atoms. The van der Waals surface area contributed by atoms with E-state index in [2.05, 4.69) is 20.6 Å². The predicted molar refractivity (Wildman–Crippen MR) is 136 cm³/mol. The van der Waals surface area contributed by atoms with Crippen LogP contribution >= 0.6 is 0 Å². The molecule has 2 fully saturated rings. The van der Waals surface area contributed by atoms with Gasteiger partial charge in [0.15, 0.2) is 11.5 Å². The summed E-state index contributed by atoms with van der Waals surface area (Å²) in [5.41, 5.74) is 1.87. The molecule has 2 N–H and O–H groups in total. The maximum Gasteiger partial charge on any atom is 0.293 e. The maximum atomic E-state index is 13.0. The molecule has 0 aliphatic carbocycles. The first-order chi connectivity index (χ1) is 18.1. The van der Waals surface area contributed by atoms with Crippen molar-refractivity contribution in [2.75, 3.05) is 56.3 Å². The highest BCUT2D eigenvalue weighted by atomic mass is 16.7. The number of fused-ring (bicyclic) bond motifs is 2. The van der Waals surface area contributed by atoms with Crippen molar-refractivity contribution in [1.82, 2.24) is 20.2 Å². The second-order valence-corrected chi connectivity index (χ2v) is 9.35. The van der Waals surface area contributed by atoms with Crippen LogP contribution in [-0.4, -0.2) is 77.8 Å². The third-order valence-electron chi connectivity index (χ3n) is 7.13. The van der Waals surface area contributed by atoms with Gasteiger partial charge in [-0.1, -0.05) is 0 Å². The van der Waals surface area contributed by atoms with Crippen molar-refractivity contribution in [3.63, 3.8) is 0 Å². The van der Waals surface area contributed by atoms with Gasteiger partial charge in [0, 0.05) is 62.3 Å². The highest BCUT2D eigenvalue weighted by Crippen LogP contribution is 2.36. The van der Waals surface area contributed by atoms with Gasteiger partial charge in [-0.3, -0.25) is 14.9 Å². The van der Waals surface area contributed by atoms with Gasteiger partial charge in [-0.05, 0) is 37.1 Å². The summed E-state index contributed by atoms with van der Waals surface area (Å²) >= 11 is 0. The number of aromatic nitrogens is 2. The number of anilines is 2. The van der Waals surface area contributed by atoms with Crippen molar-refractivity contribution in [1.29, 1.82) is 0 Å². The van der Waals surface area contributed by atoms with Crippen molar-refractivity contribution in [3.05, 3.63) is 52.3 Å².